The normalized spacial score (nSPS) is 17.5. The van der Waals surface area contributed by atoms with Crippen LogP contribution in [0.2, 0.25) is 10.0 Å². The molecule has 1 unspecified atom stereocenters. The van der Waals surface area contributed by atoms with Crippen LogP contribution in [0.3, 0.4) is 0 Å². The lowest BCUT2D eigenvalue weighted by atomic mass is 9.98. The Hall–Kier alpha value is -4.94. The minimum atomic E-state index is -5.19. The number of alkyl halides is 3. The summed E-state index contributed by atoms with van der Waals surface area (Å²) in [4.78, 5) is 37.6. The van der Waals surface area contributed by atoms with E-state index in [1.54, 1.807) is 24.3 Å². The third-order valence-corrected chi connectivity index (χ3v) is 10.6. The Morgan fingerprint density at radius 1 is 1.00 bits per heavy atom. The van der Waals surface area contributed by atoms with E-state index in [0.29, 0.717) is 29.6 Å². The number of quaternary nitrogens is 1. The molecule has 1 heterocycles. The molecule has 5 rings (SSSR count). The number of benzene rings is 4. The van der Waals surface area contributed by atoms with Gasteiger partial charge in [-0.1, -0.05) is 47.5 Å². The van der Waals surface area contributed by atoms with Crippen molar-refractivity contribution in [3.8, 4) is 11.5 Å². The zero-order valence-corrected chi connectivity index (χ0v) is 31.8. The first-order valence-electron chi connectivity index (χ1n) is 16.7. The van der Waals surface area contributed by atoms with Crippen molar-refractivity contribution in [2.45, 2.75) is 49.0 Å². The van der Waals surface area contributed by atoms with E-state index in [-0.39, 0.29) is 44.4 Å². The lowest BCUT2D eigenvalue weighted by Gasteiger charge is -2.44. The summed E-state index contributed by atoms with van der Waals surface area (Å²) in [5.41, 5.74) is 8.34. The van der Waals surface area contributed by atoms with Gasteiger partial charge in [0.1, 0.15) is 41.3 Å². The van der Waals surface area contributed by atoms with Gasteiger partial charge in [-0.3, -0.25) is 9.69 Å². The Morgan fingerprint density at radius 3 is 2.16 bits per heavy atom. The number of piperidine rings is 1. The Labute approximate surface area is 329 Å². The predicted octanol–water partition coefficient (Wildman–Crippen LogP) is 5.64. The minimum absolute atomic E-state index is 0.0333. The quantitative estimate of drug-likeness (QED) is 0.104. The second-order valence-corrected chi connectivity index (χ2v) is 15.5. The Morgan fingerprint density at radius 2 is 1.59 bits per heavy atom. The van der Waals surface area contributed by atoms with Crippen molar-refractivity contribution in [1.82, 2.24) is 4.90 Å². The van der Waals surface area contributed by atoms with Crippen molar-refractivity contribution in [2.24, 2.45) is 5.73 Å². The van der Waals surface area contributed by atoms with Crippen molar-refractivity contribution in [3.05, 3.63) is 118 Å². The topological polar surface area (TPSA) is 179 Å². The number of carboxylic acid groups (broad SMARTS) is 1. The summed E-state index contributed by atoms with van der Waals surface area (Å²) in [5.74, 6) is -3.86. The van der Waals surface area contributed by atoms with Crippen molar-refractivity contribution in [3.63, 3.8) is 0 Å². The monoisotopic (exact) mass is 842 g/mol. The molecule has 1 aliphatic heterocycles. The van der Waals surface area contributed by atoms with E-state index in [0.717, 1.165) is 18.5 Å². The molecule has 1 fully saturated rings. The van der Waals surface area contributed by atoms with Crippen LogP contribution in [0.15, 0.2) is 95.9 Å². The molecule has 4 aromatic carbocycles. The largest absolute Gasteiger partial charge is 0.542 e. The molecule has 4 N–H and O–H groups in total. The third-order valence-electron chi connectivity index (χ3n) is 8.60. The van der Waals surface area contributed by atoms with Gasteiger partial charge < -0.3 is 34.7 Å². The molecule has 12 nitrogen and oxygen atoms in total. The van der Waals surface area contributed by atoms with Gasteiger partial charge in [-0.2, -0.15) is 21.6 Å². The summed E-state index contributed by atoms with van der Waals surface area (Å²) in [6.45, 7) is 1.81. The molecule has 56 heavy (non-hydrogen) atoms. The number of amides is 3. The molecule has 1 aliphatic rings. The van der Waals surface area contributed by atoms with Crippen LogP contribution in [0.5, 0.6) is 11.5 Å². The molecule has 0 bridgehead atoms. The molecule has 0 radical (unpaired) electrons. The number of urea groups is 1. The number of nitrogens with zero attached hydrogens (tertiary/aromatic N) is 2. The second kappa shape index (κ2) is 18.3. The summed E-state index contributed by atoms with van der Waals surface area (Å²) >= 11 is 11.9. The Kier molecular flexibility index (Phi) is 14.3. The fourth-order valence-electron chi connectivity index (χ4n) is 6.01. The van der Waals surface area contributed by atoms with Gasteiger partial charge in [0.2, 0.25) is 5.91 Å². The van der Waals surface area contributed by atoms with E-state index in [1.165, 1.54) is 71.6 Å². The maximum atomic E-state index is 14.0. The standard InChI is InChI=1S/C35H35Cl2FN4O6S.C2HF3O2/c1-42(21-24-4-9-26(38)10-5-24)18-2-3-28(22-42)41(34(44)32(39)19-23-6-13-29(43)14-7-23)35(45)40-27-11-15-30(16-12-27)48-49(46,47)33-17-8-25(36)20-31(33)37;3-2(4,5)1(6)7/h4-17,20,28,32H,2-3,18-19,21-22,39H2,1H3,(H-,40,43,45);(H,6,7)/t28-,32-,42?;/m0./s1. The fraction of sp³-hybridized carbons (Fsp3) is 0.270. The smallest absolute Gasteiger partial charge is 0.430 e. The van der Waals surface area contributed by atoms with Crippen molar-refractivity contribution >= 4 is 56.9 Å². The number of halogens is 6. The van der Waals surface area contributed by atoms with Crippen molar-refractivity contribution in [2.75, 3.05) is 25.5 Å². The van der Waals surface area contributed by atoms with E-state index in [9.17, 15) is 40.7 Å². The molecule has 19 heteroatoms. The van der Waals surface area contributed by atoms with E-state index < -0.39 is 46.3 Å². The first kappa shape index (κ1) is 43.8. The number of aliphatic carboxylic acids is 1. The molecule has 3 amide bonds. The number of imide groups is 1. The molecule has 0 aromatic heterocycles. The molecule has 0 spiro atoms. The van der Waals surface area contributed by atoms with E-state index >= 15 is 0 Å². The number of carboxylic acids is 1. The van der Waals surface area contributed by atoms with Gasteiger partial charge in [-0.05, 0) is 91.6 Å². The maximum Gasteiger partial charge on any atom is 0.430 e. The van der Waals surface area contributed by atoms with Gasteiger partial charge in [0, 0.05) is 16.3 Å². The number of carbonyl (C=O) groups excluding carboxylic acids is 3. The van der Waals surface area contributed by atoms with Crippen molar-refractivity contribution in [1.29, 1.82) is 0 Å². The Balaban J connectivity index is 0.000000908. The number of phenols is 1. The summed E-state index contributed by atoms with van der Waals surface area (Å²) in [6.07, 6.45) is -3.78. The summed E-state index contributed by atoms with van der Waals surface area (Å²) in [7, 11) is -2.25. The highest BCUT2D eigenvalue weighted by atomic mass is 35.5. The first-order chi connectivity index (χ1) is 26.2. The number of rotatable bonds is 10. The highest BCUT2D eigenvalue weighted by Gasteiger charge is 2.41. The van der Waals surface area contributed by atoms with Gasteiger partial charge in [-0.15, -0.1) is 0 Å². The predicted molar refractivity (Wildman–Crippen MR) is 196 cm³/mol. The lowest BCUT2D eigenvalue weighted by Crippen LogP contribution is -2.62. The third kappa shape index (κ3) is 12.3. The molecule has 1 saturated heterocycles. The van der Waals surface area contributed by atoms with Crippen molar-refractivity contribution < 1.29 is 59.2 Å². The average molecular weight is 844 g/mol. The molecule has 0 saturated carbocycles. The summed E-state index contributed by atoms with van der Waals surface area (Å²) in [5, 5.41) is 21.4. The molecular weight excluding hydrogens is 807 g/mol. The summed E-state index contributed by atoms with van der Waals surface area (Å²) < 4.78 is 76.5. The second-order valence-electron chi connectivity index (χ2n) is 13.1. The van der Waals surface area contributed by atoms with Gasteiger partial charge in [-0.25, -0.2) is 9.18 Å². The number of hydrogen-bond acceptors (Lipinski definition) is 9. The highest BCUT2D eigenvalue weighted by molar-refractivity contribution is 7.87. The molecule has 0 aliphatic carbocycles. The number of nitrogens with two attached hydrogens (primary N) is 1. The van der Waals surface area contributed by atoms with Crippen LogP contribution < -0.4 is 20.3 Å². The minimum Gasteiger partial charge on any atom is -0.542 e. The van der Waals surface area contributed by atoms with Crippen LogP contribution in [-0.4, -0.2) is 79.2 Å². The zero-order chi connectivity index (χ0) is 41.4. The van der Waals surface area contributed by atoms with Crippen LogP contribution >= 0.6 is 23.2 Å². The van der Waals surface area contributed by atoms with Gasteiger partial charge in [0.25, 0.3) is 0 Å². The highest BCUT2D eigenvalue weighted by Crippen LogP contribution is 2.29. The van der Waals surface area contributed by atoms with E-state index in [1.807, 2.05) is 7.05 Å². The van der Waals surface area contributed by atoms with E-state index in [4.69, 9.17) is 43.0 Å². The number of likely N-dealkylation sites (tertiary alicyclic amines) is 1. The van der Waals surface area contributed by atoms with Gasteiger partial charge >= 0.3 is 22.3 Å². The molecule has 300 valence electrons. The Bertz CT molecular complexity index is 2130. The SMILES string of the molecule is C[N+]1(Cc2ccc(F)cc2)CCC[C@H](N(C(=O)Nc2ccc(OS(=O)(=O)c3ccc(Cl)cc3Cl)cc2)C(=O)[C@@H](N)Cc2ccc(O)cc2)C1.O=C([O-])C(F)(F)F. The van der Waals surface area contributed by atoms with Gasteiger partial charge in [0.05, 0.1) is 30.7 Å². The number of hydrogen-bond donors (Lipinski definition) is 3. The van der Waals surface area contributed by atoms with Gasteiger partial charge in [0.15, 0.2) is 0 Å². The molecular formula is C37H36Cl2F4N4O8S. The number of aromatic hydroxyl groups is 1. The fourth-order valence-corrected chi connectivity index (χ4v) is 7.69. The van der Waals surface area contributed by atoms with Crippen LogP contribution in [0.25, 0.3) is 0 Å². The summed E-state index contributed by atoms with van der Waals surface area (Å²) in [6, 6.07) is 19.9. The molecule has 3 atom stereocenters. The number of nitrogens with one attached hydrogen (secondary N) is 1. The van der Waals surface area contributed by atoms with E-state index in [2.05, 4.69) is 5.32 Å². The number of phenolic OH excluding ortho intramolecular Hbond substituents is 1. The van der Waals surface area contributed by atoms with Crippen LogP contribution in [0.4, 0.5) is 28.0 Å². The van der Waals surface area contributed by atoms with Crippen LogP contribution in [-0.2, 0) is 32.7 Å². The molecule has 4 aromatic rings. The lowest BCUT2D eigenvalue weighted by molar-refractivity contribution is -0.928. The number of anilines is 1. The first-order valence-corrected chi connectivity index (χ1v) is 18.9. The maximum absolute atomic E-state index is 14.0. The van der Waals surface area contributed by atoms with Crippen LogP contribution in [0, 0.1) is 5.82 Å². The average Bonchev–Trinajstić information content (AvgIpc) is 3.10. The van der Waals surface area contributed by atoms with Crippen LogP contribution in [0.1, 0.15) is 24.0 Å². The number of carbonyl (C=O) groups is 3. The number of likely N-dealkylation sites (N-methyl/N-ethyl adjacent to an activating group) is 1. The zero-order valence-electron chi connectivity index (χ0n) is 29.5.